The first-order valence-electron chi connectivity index (χ1n) is 12.6. The van der Waals surface area contributed by atoms with E-state index >= 15 is 0 Å². The first-order valence-corrected chi connectivity index (χ1v) is 12.6. The normalized spacial score (nSPS) is 10.5. The van der Waals surface area contributed by atoms with Crippen LogP contribution in [0.4, 0.5) is 0 Å². The molecule has 0 bridgehead atoms. The van der Waals surface area contributed by atoms with Crippen molar-refractivity contribution in [2.75, 3.05) is 0 Å². The van der Waals surface area contributed by atoms with E-state index in [0.717, 1.165) is 16.7 Å². The molecular formula is C35H40. The minimum atomic E-state index is 1.14. The number of aryl methyl sites for hydroxylation is 2. The van der Waals surface area contributed by atoms with E-state index < -0.39 is 0 Å². The molecular weight excluding hydrogens is 420 g/mol. The number of benzene rings is 3. The van der Waals surface area contributed by atoms with Gasteiger partial charge in [0.2, 0.25) is 0 Å². The van der Waals surface area contributed by atoms with E-state index in [1.165, 1.54) is 77.9 Å². The summed E-state index contributed by atoms with van der Waals surface area (Å²) >= 11 is 0. The van der Waals surface area contributed by atoms with Gasteiger partial charge in [0.15, 0.2) is 0 Å². The maximum Gasteiger partial charge on any atom is 0.0313 e. The zero-order valence-electron chi connectivity index (χ0n) is 24.1. The molecule has 0 aliphatic heterocycles. The molecule has 0 unspecified atom stereocenters. The summed E-state index contributed by atoms with van der Waals surface area (Å²) in [6, 6.07) is 2.26. The zero-order valence-corrected chi connectivity index (χ0v) is 24.1. The molecule has 35 heavy (non-hydrogen) atoms. The van der Waals surface area contributed by atoms with Crippen molar-refractivity contribution in [2.45, 2.75) is 90.0 Å². The minimum absolute atomic E-state index is 1.14. The van der Waals surface area contributed by atoms with Crippen molar-refractivity contribution in [2.24, 2.45) is 0 Å². The van der Waals surface area contributed by atoms with Crippen LogP contribution in [0.15, 0.2) is 6.07 Å². The molecule has 0 fully saturated rings. The molecule has 0 aromatic heterocycles. The predicted molar refractivity (Wildman–Crippen MR) is 153 cm³/mol. The van der Waals surface area contributed by atoms with Gasteiger partial charge < -0.3 is 0 Å². The second-order valence-corrected chi connectivity index (χ2v) is 10.4. The Morgan fingerprint density at radius 2 is 0.486 bits per heavy atom. The topological polar surface area (TPSA) is 0 Å². The van der Waals surface area contributed by atoms with Crippen molar-refractivity contribution in [1.29, 1.82) is 0 Å². The molecule has 180 valence electrons. The summed E-state index contributed by atoms with van der Waals surface area (Å²) in [4.78, 5) is 0. The molecule has 0 heteroatoms. The maximum absolute atomic E-state index is 3.57. The Kier molecular flexibility index (Phi) is 7.39. The third-order valence-corrected chi connectivity index (χ3v) is 8.62. The number of rotatable bonds is 0. The highest BCUT2D eigenvalue weighted by Crippen LogP contribution is 2.28. The molecule has 0 saturated heterocycles. The lowest BCUT2D eigenvalue weighted by Crippen LogP contribution is -2.02. The fourth-order valence-corrected chi connectivity index (χ4v) is 5.03. The van der Waals surface area contributed by atoms with E-state index in [0.29, 0.717) is 0 Å². The second kappa shape index (κ2) is 9.80. The quantitative estimate of drug-likeness (QED) is 0.295. The van der Waals surface area contributed by atoms with Gasteiger partial charge in [-0.15, -0.1) is 0 Å². The number of hydrogen-bond donors (Lipinski definition) is 0. The van der Waals surface area contributed by atoms with Gasteiger partial charge in [-0.3, -0.25) is 0 Å². The molecule has 0 atom stereocenters. The Morgan fingerprint density at radius 1 is 0.286 bits per heavy atom. The fraction of sp³-hybridized carbons (Fsp3) is 0.371. The molecule has 0 aliphatic carbocycles. The van der Waals surface area contributed by atoms with Gasteiger partial charge in [0.1, 0.15) is 0 Å². The van der Waals surface area contributed by atoms with Crippen LogP contribution in [0.5, 0.6) is 0 Å². The van der Waals surface area contributed by atoms with Crippen molar-refractivity contribution in [3.05, 3.63) is 101 Å². The average Bonchev–Trinajstić information content (AvgIpc) is 2.82. The molecule has 3 rings (SSSR count). The molecule has 0 amide bonds. The van der Waals surface area contributed by atoms with Gasteiger partial charge in [-0.1, -0.05) is 29.7 Å². The van der Waals surface area contributed by atoms with Gasteiger partial charge in [-0.2, -0.15) is 0 Å². The van der Waals surface area contributed by atoms with Crippen molar-refractivity contribution < 1.29 is 0 Å². The highest BCUT2D eigenvalue weighted by atomic mass is 14.2. The molecule has 3 aromatic rings. The lowest BCUT2D eigenvalue weighted by Gasteiger charge is -2.16. The van der Waals surface area contributed by atoms with E-state index in [-0.39, 0.29) is 0 Å². The van der Waals surface area contributed by atoms with Crippen LogP contribution in [0.2, 0.25) is 0 Å². The van der Waals surface area contributed by atoms with Crippen LogP contribution in [-0.4, -0.2) is 0 Å². The lowest BCUT2D eigenvalue weighted by atomic mass is 9.87. The summed E-state index contributed by atoms with van der Waals surface area (Å²) < 4.78 is 0. The van der Waals surface area contributed by atoms with Crippen LogP contribution in [0, 0.1) is 114 Å². The largest absolute Gasteiger partial charge is 0.0611 e. The smallest absolute Gasteiger partial charge is 0.0313 e. The third kappa shape index (κ3) is 4.56. The Hall–Kier alpha value is -3.22. The summed E-state index contributed by atoms with van der Waals surface area (Å²) in [5, 5.41) is 0. The van der Waals surface area contributed by atoms with Crippen molar-refractivity contribution >= 4 is 0 Å². The molecule has 0 spiro atoms. The van der Waals surface area contributed by atoms with Gasteiger partial charge >= 0.3 is 0 Å². The van der Waals surface area contributed by atoms with Crippen LogP contribution in [-0.2, 0) is 0 Å². The maximum atomic E-state index is 3.57. The zero-order chi connectivity index (χ0) is 26.4. The summed E-state index contributed by atoms with van der Waals surface area (Å²) in [6.07, 6.45) is 0. The molecule has 0 aliphatic rings. The van der Waals surface area contributed by atoms with E-state index in [2.05, 4.69) is 120 Å². The van der Waals surface area contributed by atoms with Crippen molar-refractivity contribution in [3.8, 4) is 23.7 Å². The van der Waals surface area contributed by atoms with Crippen molar-refractivity contribution in [1.82, 2.24) is 0 Å². The molecule has 3 aromatic carbocycles. The Labute approximate surface area is 214 Å². The summed E-state index contributed by atoms with van der Waals surface area (Å²) in [5.41, 5.74) is 21.4. The average molecular weight is 461 g/mol. The van der Waals surface area contributed by atoms with E-state index in [1.807, 2.05) is 0 Å². The van der Waals surface area contributed by atoms with Crippen LogP contribution >= 0.6 is 0 Å². The highest BCUT2D eigenvalue weighted by molar-refractivity contribution is 5.65. The van der Waals surface area contributed by atoms with Gasteiger partial charge in [0.25, 0.3) is 0 Å². The molecule has 0 saturated carbocycles. The van der Waals surface area contributed by atoms with Crippen LogP contribution in [0.1, 0.15) is 94.6 Å². The predicted octanol–water partition coefficient (Wildman–Crippen LogP) is 8.50. The van der Waals surface area contributed by atoms with Crippen LogP contribution in [0.25, 0.3) is 0 Å². The van der Waals surface area contributed by atoms with Crippen LogP contribution < -0.4 is 0 Å². The second-order valence-electron chi connectivity index (χ2n) is 10.4. The van der Waals surface area contributed by atoms with Gasteiger partial charge in [-0.25, -0.2) is 0 Å². The lowest BCUT2D eigenvalue weighted by molar-refractivity contribution is 1.16. The van der Waals surface area contributed by atoms with E-state index in [4.69, 9.17) is 0 Å². The van der Waals surface area contributed by atoms with Crippen LogP contribution in [0.3, 0.4) is 0 Å². The summed E-state index contributed by atoms with van der Waals surface area (Å²) in [5.74, 6) is 14.2. The first-order chi connectivity index (χ1) is 16.3. The first kappa shape index (κ1) is 26.4. The van der Waals surface area contributed by atoms with Gasteiger partial charge in [-0.05, 0) is 162 Å². The highest BCUT2D eigenvalue weighted by Gasteiger charge is 2.14. The molecule has 0 radical (unpaired) electrons. The Morgan fingerprint density at radius 3 is 0.771 bits per heavy atom. The molecule has 0 N–H and O–H groups in total. The standard InChI is InChI=1S/C35H40/c1-19-18-20(2)22(4)32(21(19)3)14-15-34-28(10)30(12)35(31(13)29(34)11)17-16-33-26(8)24(6)23(5)25(7)27(33)9/h18H,1-13H3. The minimum Gasteiger partial charge on any atom is -0.0611 e. The Balaban J connectivity index is 2.19. The van der Waals surface area contributed by atoms with Crippen molar-refractivity contribution in [3.63, 3.8) is 0 Å². The molecule has 0 nitrogen and oxygen atoms in total. The monoisotopic (exact) mass is 460 g/mol. The van der Waals surface area contributed by atoms with Gasteiger partial charge in [0.05, 0.1) is 0 Å². The van der Waals surface area contributed by atoms with E-state index in [1.54, 1.807) is 0 Å². The third-order valence-electron chi connectivity index (χ3n) is 8.62. The Bertz CT molecular complexity index is 1410. The SMILES string of the molecule is Cc1cc(C)c(C)c(C#Cc2c(C)c(C)c(C#Cc3c(C)c(C)c(C)c(C)c3C)c(C)c2C)c1C. The summed E-state index contributed by atoms with van der Waals surface area (Å²) in [6.45, 7) is 28.5. The summed E-state index contributed by atoms with van der Waals surface area (Å²) in [7, 11) is 0. The van der Waals surface area contributed by atoms with E-state index in [9.17, 15) is 0 Å². The molecule has 0 heterocycles. The number of hydrogen-bond acceptors (Lipinski definition) is 0. The van der Waals surface area contributed by atoms with Gasteiger partial charge in [0, 0.05) is 22.3 Å². The fourth-order valence-electron chi connectivity index (χ4n) is 5.03.